The number of nitrogens with one attached hydrogen (secondary N) is 1. The summed E-state index contributed by atoms with van der Waals surface area (Å²) in [5.74, 6) is 1.35. The Kier molecular flexibility index (Phi) is 5.03. The lowest BCUT2D eigenvalue weighted by Crippen LogP contribution is -2.60. The first-order chi connectivity index (χ1) is 9.54. The van der Waals surface area contributed by atoms with Crippen molar-refractivity contribution in [2.45, 2.75) is 53.1 Å². The van der Waals surface area contributed by atoms with Crippen LogP contribution in [0.1, 0.15) is 39.7 Å². The van der Waals surface area contributed by atoms with E-state index < -0.39 is 0 Å². The van der Waals surface area contributed by atoms with E-state index in [1.165, 1.54) is 17.7 Å². The molecule has 1 aromatic heterocycles. The zero-order valence-electron chi connectivity index (χ0n) is 13.6. The van der Waals surface area contributed by atoms with Crippen LogP contribution in [0.15, 0.2) is 18.5 Å². The standard InChI is InChI=1S/C17H29N3/c1-6-13(4)15-11-20(16(10-19-15)12(2)3)17-9-18-8-7-14(17)5/h7-9,12-13,15-16,19H,6,10-11H2,1-5H3. The Hall–Kier alpha value is -1.09. The third kappa shape index (κ3) is 3.14. The first kappa shape index (κ1) is 15.3. The lowest BCUT2D eigenvalue weighted by atomic mass is 9.91. The molecule has 2 heterocycles. The van der Waals surface area contributed by atoms with E-state index in [4.69, 9.17) is 0 Å². The molecule has 0 radical (unpaired) electrons. The van der Waals surface area contributed by atoms with Gasteiger partial charge in [0.1, 0.15) is 0 Å². The number of piperazine rings is 1. The number of nitrogens with zero attached hydrogens (tertiary/aromatic N) is 2. The van der Waals surface area contributed by atoms with Gasteiger partial charge in [0.25, 0.3) is 0 Å². The van der Waals surface area contributed by atoms with Gasteiger partial charge in [-0.3, -0.25) is 4.98 Å². The number of anilines is 1. The third-order valence-corrected chi connectivity index (χ3v) is 4.80. The predicted molar refractivity (Wildman–Crippen MR) is 86.2 cm³/mol. The van der Waals surface area contributed by atoms with E-state index in [0.29, 0.717) is 23.9 Å². The Morgan fingerprint density at radius 1 is 1.40 bits per heavy atom. The molecule has 0 bridgehead atoms. The molecule has 0 aromatic carbocycles. The van der Waals surface area contributed by atoms with Crippen LogP contribution in [0.2, 0.25) is 0 Å². The largest absolute Gasteiger partial charge is 0.364 e. The lowest BCUT2D eigenvalue weighted by molar-refractivity contribution is 0.281. The third-order valence-electron chi connectivity index (χ3n) is 4.80. The summed E-state index contributed by atoms with van der Waals surface area (Å²) in [6.45, 7) is 13.6. The van der Waals surface area contributed by atoms with Crippen molar-refractivity contribution in [2.24, 2.45) is 11.8 Å². The minimum Gasteiger partial charge on any atom is -0.364 e. The molecule has 3 nitrogen and oxygen atoms in total. The van der Waals surface area contributed by atoms with Crippen molar-refractivity contribution in [2.75, 3.05) is 18.0 Å². The average molecular weight is 275 g/mol. The van der Waals surface area contributed by atoms with Gasteiger partial charge in [-0.05, 0) is 30.4 Å². The normalized spacial score (nSPS) is 25.0. The SMILES string of the molecule is CCC(C)C1CN(c2cnccc2C)C(C(C)C)CN1. The van der Waals surface area contributed by atoms with Crippen molar-refractivity contribution in [3.05, 3.63) is 24.0 Å². The smallest absolute Gasteiger partial charge is 0.0586 e. The summed E-state index contributed by atoms with van der Waals surface area (Å²) in [6, 6.07) is 3.25. The molecule has 112 valence electrons. The molecule has 1 aliphatic rings. The van der Waals surface area contributed by atoms with Crippen LogP contribution >= 0.6 is 0 Å². The Balaban J connectivity index is 2.26. The van der Waals surface area contributed by atoms with Crippen molar-refractivity contribution in [1.82, 2.24) is 10.3 Å². The Bertz CT molecular complexity index is 430. The van der Waals surface area contributed by atoms with Gasteiger partial charge < -0.3 is 10.2 Å². The number of rotatable bonds is 4. The zero-order chi connectivity index (χ0) is 14.7. The minimum absolute atomic E-state index is 0.554. The number of aryl methyl sites for hydroxylation is 1. The highest BCUT2D eigenvalue weighted by atomic mass is 15.2. The van der Waals surface area contributed by atoms with Crippen molar-refractivity contribution in [3.8, 4) is 0 Å². The van der Waals surface area contributed by atoms with Gasteiger partial charge in [-0.1, -0.05) is 34.1 Å². The summed E-state index contributed by atoms with van der Waals surface area (Å²) in [6.07, 6.45) is 5.14. The molecule has 0 saturated carbocycles. The van der Waals surface area contributed by atoms with Crippen molar-refractivity contribution in [3.63, 3.8) is 0 Å². The van der Waals surface area contributed by atoms with Crippen molar-refractivity contribution < 1.29 is 0 Å². The molecule has 1 N–H and O–H groups in total. The fraction of sp³-hybridized carbons (Fsp3) is 0.706. The molecular formula is C17H29N3. The fourth-order valence-corrected chi connectivity index (χ4v) is 3.09. The number of pyridine rings is 1. The number of hydrogen-bond donors (Lipinski definition) is 1. The highest BCUT2D eigenvalue weighted by Crippen LogP contribution is 2.27. The van der Waals surface area contributed by atoms with E-state index in [2.05, 4.69) is 55.9 Å². The Morgan fingerprint density at radius 2 is 2.15 bits per heavy atom. The van der Waals surface area contributed by atoms with Gasteiger partial charge in [-0.15, -0.1) is 0 Å². The molecule has 3 heteroatoms. The summed E-state index contributed by atoms with van der Waals surface area (Å²) in [7, 11) is 0. The molecule has 0 spiro atoms. The van der Waals surface area contributed by atoms with Crippen LogP contribution in [-0.2, 0) is 0 Å². The second kappa shape index (κ2) is 6.57. The van der Waals surface area contributed by atoms with Crippen LogP contribution in [0.4, 0.5) is 5.69 Å². The van der Waals surface area contributed by atoms with E-state index in [-0.39, 0.29) is 0 Å². The highest BCUT2D eigenvalue weighted by Gasteiger charge is 2.32. The molecule has 1 fully saturated rings. The van der Waals surface area contributed by atoms with E-state index in [9.17, 15) is 0 Å². The molecule has 1 saturated heterocycles. The maximum absolute atomic E-state index is 4.34. The fourth-order valence-electron chi connectivity index (χ4n) is 3.09. The van der Waals surface area contributed by atoms with Gasteiger partial charge in [0.15, 0.2) is 0 Å². The summed E-state index contributed by atoms with van der Waals surface area (Å²) < 4.78 is 0. The molecule has 1 aromatic rings. The van der Waals surface area contributed by atoms with Crippen LogP contribution in [0.5, 0.6) is 0 Å². The van der Waals surface area contributed by atoms with Crippen LogP contribution in [0, 0.1) is 18.8 Å². The minimum atomic E-state index is 0.554. The molecule has 1 aliphatic heterocycles. The Labute approximate surface area is 123 Å². The second-order valence-corrected chi connectivity index (χ2v) is 6.53. The molecule has 20 heavy (non-hydrogen) atoms. The highest BCUT2D eigenvalue weighted by molar-refractivity contribution is 5.52. The van der Waals surface area contributed by atoms with Crippen molar-refractivity contribution >= 4 is 5.69 Å². The number of hydrogen-bond acceptors (Lipinski definition) is 3. The lowest BCUT2D eigenvalue weighted by Gasteiger charge is -2.45. The van der Waals surface area contributed by atoms with Gasteiger partial charge in [-0.2, -0.15) is 0 Å². The monoisotopic (exact) mass is 275 g/mol. The van der Waals surface area contributed by atoms with E-state index >= 15 is 0 Å². The summed E-state index contributed by atoms with van der Waals surface area (Å²) in [5, 5.41) is 3.76. The molecule has 2 rings (SSSR count). The quantitative estimate of drug-likeness (QED) is 0.914. The summed E-state index contributed by atoms with van der Waals surface area (Å²) in [4.78, 5) is 6.93. The maximum atomic E-state index is 4.34. The Morgan fingerprint density at radius 3 is 2.75 bits per heavy atom. The van der Waals surface area contributed by atoms with Crippen LogP contribution < -0.4 is 10.2 Å². The first-order valence-electron chi connectivity index (χ1n) is 7.95. The average Bonchev–Trinajstić information content (AvgIpc) is 2.46. The summed E-state index contributed by atoms with van der Waals surface area (Å²) >= 11 is 0. The molecular weight excluding hydrogens is 246 g/mol. The predicted octanol–water partition coefficient (Wildman–Crippen LogP) is 3.24. The van der Waals surface area contributed by atoms with E-state index in [1.807, 2.05) is 12.4 Å². The molecule has 3 unspecified atom stereocenters. The van der Waals surface area contributed by atoms with Gasteiger partial charge in [0.05, 0.1) is 11.9 Å². The van der Waals surface area contributed by atoms with Gasteiger partial charge >= 0.3 is 0 Å². The molecule has 0 amide bonds. The van der Waals surface area contributed by atoms with Crippen molar-refractivity contribution in [1.29, 1.82) is 0 Å². The van der Waals surface area contributed by atoms with E-state index in [1.54, 1.807) is 0 Å². The van der Waals surface area contributed by atoms with Crippen LogP contribution in [0.25, 0.3) is 0 Å². The van der Waals surface area contributed by atoms with Gasteiger partial charge in [-0.25, -0.2) is 0 Å². The van der Waals surface area contributed by atoms with E-state index in [0.717, 1.165) is 13.1 Å². The number of aromatic nitrogens is 1. The van der Waals surface area contributed by atoms with Gasteiger partial charge in [0.2, 0.25) is 0 Å². The zero-order valence-corrected chi connectivity index (χ0v) is 13.6. The van der Waals surface area contributed by atoms with Gasteiger partial charge in [0, 0.05) is 31.4 Å². The summed E-state index contributed by atoms with van der Waals surface area (Å²) in [5.41, 5.74) is 2.64. The topological polar surface area (TPSA) is 28.2 Å². The van der Waals surface area contributed by atoms with Crippen LogP contribution in [-0.4, -0.2) is 30.2 Å². The molecule has 0 aliphatic carbocycles. The maximum Gasteiger partial charge on any atom is 0.0586 e. The van der Waals surface area contributed by atoms with Crippen LogP contribution in [0.3, 0.4) is 0 Å². The molecule has 3 atom stereocenters. The first-order valence-corrected chi connectivity index (χ1v) is 7.95. The second-order valence-electron chi connectivity index (χ2n) is 6.53.